The molecule has 3 rings (SSSR count). The number of hydrogen-bond acceptors (Lipinski definition) is 4. The largest absolute Gasteiger partial charge is 0.381 e. The van der Waals surface area contributed by atoms with Gasteiger partial charge in [0.1, 0.15) is 0 Å². The molecule has 0 bridgehead atoms. The van der Waals surface area contributed by atoms with Crippen LogP contribution in [0, 0.1) is 0 Å². The molecule has 3 heterocycles. The minimum Gasteiger partial charge on any atom is -0.381 e. The first-order chi connectivity index (χ1) is 8.36. The first-order valence-electron chi connectivity index (χ1n) is 6.92. The van der Waals surface area contributed by atoms with Crippen molar-refractivity contribution in [1.29, 1.82) is 0 Å². The summed E-state index contributed by atoms with van der Waals surface area (Å²) in [6, 6.07) is 1.42. The molecule has 3 nitrogen and oxygen atoms in total. The van der Waals surface area contributed by atoms with E-state index in [9.17, 15) is 0 Å². The zero-order valence-corrected chi connectivity index (χ0v) is 11.3. The van der Waals surface area contributed by atoms with Crippen LogP contribution in [-0.2, 0) is 9.47 Å². The van der Waals surface area contributed by atoms with Gasteiger partial charge in [-0.15, -0.1) is 0 Å². The molecule has 2 unspecified atom stereocenters. The Morgan fingerprint density at radius 3 is 2.71 bits per heavy atom. The summed E-state index contributed by atoms with van der Waals surface area (Å²) in [4.78, 5) is 0. The Labute approximate surface area is 108 Å². The van der Waals surface area contributed by atoms with Crippen molar-refractivity contribution in [2.75, 3.05) is 31.3 Å². The third-order valence-electron chi connectivity index (χ3n) is 4.30. The van der Waals surface area contributed by atoms with Gasteiger partial charge in [-0.3, -0.25) is 0 Å². The lowest BCUT2D eigenvalue weighted by atomic mass is 9.84. The third-order valence-corrected chi connectivity index (χ3v) is 5.46. The fraction of sp³-hybridized carbons (Fsp3) is 1.00. The van der Waals surface area contributed by atoms with Gasteiger partial charge in [0.2, 0.25) is 0 Å². The van der Waals surface area contributed by atoms with Gasteiger partial charge in [-0.1, -0.05) is 0 Å². The van der Waals surface area contributed by atoms with Crippen LogP contribution in [0.3, 0.4) is 0 Å². The second kappa shape index (κ2) is 5.47. The Balaban J connectivity index is 1.55. The summed E-state index contributed by atoms with van der Waals surface area (Å²) in [5, 5.41) is 3.85. The topological polar surface area (TPSA) is 30.5 Å². The van der Waals surface area contributed by atoms with Crippen molar-refractivity contribution in [3.63, 3.8) is 0 Å². The molecule has 98 valence electrons. The van der Waals surface area contributed by atoms with E-state index < -0.39 is 0 Å². The summed E-state index contributed by atoms with van der Waals surface area (Å²) in [6.45, 7) is 2.69. The smallest absolute Gasteiger partial charge is 0.0741 e. The molecule has 3 aliphatic heterocycles. The van der Waals surface area contributed by atoms with Gasteiger partial charge in [-0.25, -0.2) is 0 Å². The number of ether oxygens (including phenoxy) is 2. The van der Waals surface area contributed by atoms with Crippen LogP contribution in [0.1, 0.15) is 32.1 Å². The van der Waals surface area contributed by atoms with E-state index in [2.05, 4.69) is 17.1 Å². The van der Waals surface area contributed by atoms with Gasteiger partial charge in [-0.05, 0) is 37.9 Å². The van der Waals surface area contributed by atoms with Gasteiger partial charge in [-0.2, -0.15) is 11.8 Å². The van der Waals surface area contributed by atoms with E-state index in [1.165, 1.54) is 30.8 Å². The molecule has 0 saturated carbocycles. The van der Waals surface area contributed by atoms with Crippen molar-refractivity contribution in [3.05, 3.63) is 0 Å². The van der Waals surface area contributed by atoms with Gasteiger partial charge >= 0.3 is 0 Å². The molecular formula is C13H23NO2S. The molecule has 1 N–H and O–H groups in total. The molecule has 0 aromatic rings. The van der Waals surface area contributed by atoms with Gasteiger partial charge in [0, 0.05) is 37.7 Å². The van der Waals surface area contributed by atoms with E-state index >= 15 is 0 Å². The first-order valence-corrected chi connectivity index (χ1v) is 8.07. The van der Waals surface area contributed by atoms with Gasteiger partial charge in [0.05, 0.1) is 5.60 Å². The number of hydrogen-bond donors (Lipinski definition) is 1. The molecule has 4 heteroatoms. The molecule has 17 heavy (non-hydrogen) atoms. The van der Waals surface area contributed by atoms with Crippen LogP contribution in [0.25, 0.3) is 0 Å². The van der Waals surface area contributed by atoms with Gasteiger partial charge < -0.3 is 14.8 Å². The summed E-state index contributed by atoms with van der Waals surface area (Å²) in [6.07, 6.45) is 5.90. The molecule has 0 amide bonds. The Hall–Kier alpha value is 0.230. The molecule has 0 aromatic heterocycles. The lowest BCUT2D eigenvalue weighted by molar-refractivity contribution is -0.140. The van der Waals surface area contributed by atoms with E-state index in [-0.39, 0.29) is 5.60 Å². The van der Waals surface area contributed by atoms with Gasteiger partial charge in [0.15, 0.2) is 0 Å². The molecule has 1 spiro atoms. The maximum atomic E-state index is 6.08. The molecule has 3 saturated heterocycles. The second-order valence-corrected chi connectivity index (χ2v) is 6.71. The Kier molecular flexibility index (Phi) is 3.95. The predicted molar refractivity (Wildman–Crippen MR) is 70.6 cm³/mol. The quantitative estimate of drug-likeness (QED) is 0.817. The Morgan fingerprint density at radius 1 is 1.06 bits per heavy atom. The lowest BCUT2D eigenvalue weighted by Crippen LogP contribution is -2.51. The Bertz CT molecular complexity index is 244. The van der Waals surface area contributed by atoms with Crippen LogP contribution in [0.2, 0.25) is 0 Å². The number of rotatable bonds is 2. The first kappa shape index (κ1) is 12.3. The summed E-state index contributed by atoms with van der Waals surface area (Å²) in [7, 11) is 0. The highest BCUT2D eigenvalue weighted by Crippen LogP contribution is 2.34. The van der Waals surface area contributed by atoms with Crippen LogP contribution in [0.15, 0.2) is 0 Å². The minimum atomic E-state index is 0.139. The number of nitrogens with one attached hydrogen (secondary N) is 1. The summed E-state index contributed by atoms with van der Waals surface area (Å²) >= 11 is 2.08. The van der Waals surface area contributed by atoms with Crippen LogP contribution < -0.4 is 5.32 Å². The highest BCUT2D eigenvalue weighted by molar-refractivity contribution is 7.99. The fourth-order valence-electron chi connectivity index (χ4n) is 3.26. The molecule has 0 aromatic carbocycles. The zero-order valence-electron chi connectivity index (χ0n) is 10.5. The van der Waals surface area contributed by atoms with Gasteiger partial charge in [0.25, 0.3) is 0 Å². The fourth-order valence-corrected chi connectivity index (χ4v) is 4.43. The lowest BCUT2D eigenvalue weighted by Gasteiger charge is -2.44. The highest BCUT2D eigenvalue weighted by Gasteiger charge is 2.39. The van der Waals surface area contributed by atoms with Crippen LogP contribution >= 0.6 is 11.8 Å². The van der Waals surface area contributed by atoms with E-state index in [1.807, 2.05) is 0 Å². The van der Waals surface area contributed by atoms with Crippen LogP contribution in [-0.4, -0.2) is 49.0 Å². The van der Waals surface area contributed by atoms with E-state index in [0.717, 1.165) is 38.7 Å². The minimum absolute atomic E-state index is 0.139. The van der Waals surface area contributed by atoms with Crippen LogP contribution in [0.5, 0.6) is 0 Å². The second-order valence-electron chi connectivity index (χ2n) is 5.56. The average molecular weight is 257 g/mol. The molecule has 3 fully saturated rings. The van der Waals surface area contributed by atoms with Crippen molar-refractivity contribution in [1.82, 2.24) is 5.32 Å². The normalized spacial score (nSPS) is 37.4. The monoisotopic (exact) mass is 257 g/mol. The summed E-state index contributed by atoms with van der Waals surface area (Å²) < 4.78 is 11.5. The SMILES string of the molecule is C1CC2(CCO1)CC(NC1CCSC1)CCO2. The Morgan fingerprint density at radius 2 is 1.94 bits per heavy atom. The van der Waals surface area contributed by atoms with E-state index in [0.29, 0.717) is 6.04 Å². The third kappa shape index (κ3) is 2.98. The van der Waals surface area contributed by atoms with E-state index in [4.69, 9.17) is 9.47 Å². The standard InChI is InChI=1S/C13H23NO2S/c1-5-16-13(3-6-15-7-4-13)9-11(1)14-12-2-8-17-10-12/h11-12,14H,1-10H2. The maximum Gasteiger partial charge on any atom is 0.0741 e. The van der Waals surface area contributed by atoms with Crippen molar-refractivity contribution in [3.8, 4) is 0 Å². The maximum absolute atomic E-state index is 6.08. The predicted octanol–water partition coefficient (Wildman–Crippen LogP) is 1.81. The van der Waals surface area contributed by atoms with Crippen molar-refractivity contribution >= 4 is 11.8 Å². The number of thioether (sulfide) groups is 1. The van der Waals surface area contributed by atoms with Crippen molar-refractivity contribution < 1.29 is 9.47 Å². The van der Waals surface area contributed by atoms with Crippen molar-refractivity contribution in [2.45, 2.75) is 49.8 Å². The summed E-state index contributed by atoms with van der Waals surface area (Å²) in [5.74, 6) is 2.63. The molecule has 0 radical (unpaired) electrons. The molecule has 0 aliphatic carbocycles. The van der Waals surface area contributed by atoms with Crippen molar-refractivity contribution in [2.24, 2.45) is 0 Å². The summed E-state index contributed by atoms with van der Waals surface area (Å²) in [5.41, 5.74) is 0.139. The average Bonchev–Trinajstić information content (AvgIpc) is 2.83. The van der Waals surface area contributed by atoms with E-state index in [1.54, 1.807) is 0 Å². The zero-order chi connectivity index (χ0) is 11.6. The molecular weight excluding hydrogens is 234 g/mol. The molecule has 3 aliphatic rings. The highest BCUT2D eigenvalue weighted by atomic mass is 32.2. The van der Waals surface area contributed by atoms with Crippen LogP contribution in [0.4, 0.5) is 0 Å². The molecule has 2 atom stereocenters.